The van der Waals surface area contributed by atoms with Crippen LogP contribution in [0.4, 0.5) is 0 Å². The minimum atomic E-state index is -0.637. The van der Waals surface area contributed by atoms with E-state index in [1.165, 1.54) is 25.7 Å². The molecule has 2 N–H and O–H groups in total. The molecule has 4 amide bonds. The van der Waals surface area contributed by atoms with Crippen molar-refractivity contribution >= 4 is 23.6 Å². The topological polar surface area (TPSA) is 105 Å². The second-order valence-electron chi connectivity index (χ2n) is 14.8. The van der Waals surface area contributed by atoms with Gasteiger partial charge in [-0.1, -0.05) is 31.0 Å². The van der Waals surface area contributed by atoms with Crippen LogP contribution in [-0.4, -0.2) is 119 Å². The zero-order valence-electron chi connectivity index (χ0n) is 27.3. The molecule has 0 aromatic heterocycles. The third-order valence-electron chi connectivity index (χ3n) is 12.1. The van der Waals surface area contributed by atoms with Gasteiger partial charge in [-0.3, -0.25) is 24.1 Å². The number of nitrogens with one attached hydrogen (secondary N) is 2. The summed E-state index contributed by atoms with van der Waals surface area (Å²) in [5.41, 5.74) is 0.553. The minimum Gasteiger partial charge on any atom is -0.354 e. The number of nitrogens with zero attached hydrogens (tertiary/aromatic N) is 4. The van der Waals surface area contributed by atoms with Crippen molar-refractivity contribution in [3.63, 3.8) is 0 Å². The Balaban J connectivity index is 1.12. The molecule has 10 nitrogen and oxygen atoms in total. The Morgan fingerprint density at radius 2 is 1.50 bits per heavy atom. The lowest BCUT2D eigenvalue weighted by Crippen LogP contribution is -2.54. The summed E-state index contributed by atoms with van der Waals surface area (Å²) in [5, 5.41) is 6.46. The molecule has 1 aromatic rings. The molecule has 7 aliphatic rings. The average Bonchev–Trinajstić information content (AvgIpc) is 3.87. The van der Waals surface area contributed by atoms with E-state index in [4.69, 9.17) is 0 Å². The van der Waals surface area contributed by atoms with E-state index in [9.17, 15) is 19.2 Å². The molecule has 46 heavy (non-hydrogen) atoms. The van der Waals surface area contributed by atoms with Crippen LogP contribution in [0, 0.1) is 11.8 Å². The zero-order valence-corrected chi connectivity index (χ0v) is 27.3. The van der Waals surface area contributed by atoms with Crippen molar-refractivity contribution in [1.29, 1.82) is 0 Å². The molecular weight excluding hydrogens is 580 g/mol. The van der Waals surface area contributed by atoms with Gasteiger partial charge in [0.05, 0.1) is 6.04 Å². The van der Waals surface area contributed by atoms with Gasteiger partial charge in [0.15, 0.2) is 0 Å². The summed E-state index contributed by atoms with van der Waals surface area (Å²) in [7, 11) is 0. The number of likely N-dealkylation sites (tertiary alicyclic amines) is 2. The molecule has 1 aromatic carbocycles. The fourth-order valence-electron chi connectivity index (χ4n) is 9.57. The molecule has 10 heteroatoms. The second kappa shape index (κ2) is 14.0. The Morgan fingerprint density at radius 1 is 0.717 bits per heavy atom. The van der Waals surface area contributed by atoms with Crippen LogP contribution in [0.2, 0.25) is 0 Å². The van der Waals surface area contributed by atoms with E-state index in [1.807, 2.05) is 18.2 Å². The molecule has 0 radical (unpaired) electrons. The Bertz CT molecular complexity index is 1260. The maximum Gasteiger partial charge on any atom is 0.254 e. The largest absolute Gasteiger partial charge is 0.354 e. The molecule has 6 heterocycles. The normalized spacial score (nSPS) is 34.0. The molecule has 250 valence electrons. The predicted octanol–water partition coefficient (Wildman–Crippen LogP) is 2.63. The van der Waals surface area contributed by atoms with Gasteiger partial charge in [-0.15, -0.1) is 0 Å². The third-order valence-corrected chi connectivity index (χ3v) is 12.1. The number of rotatable bonds is 2. The van der Waals surface area contributed by atoms with Crippen molar-refractivity contribution < 1.29 is 19.2 Å². The average molecular weight is 633 g/mol. The van der Waals surface area contributed by atoms with Crippen molar-refractivity contribution in [2.24, 2.45) is 11.8 Å². The van der Waals surface area contributed by atoms with Crippen LogP contribution < -0.4 is 10.6 Å². The van der Waals surface area contributed by atoms with Gasteiger partial charge in [0.2, 0.25) is 17.7 Å². The summed E-state index contributed by atoms with van der Waals surface area (Å²) < 4.78 is 0. The first-order valence-electron chi connectivity index (χ1n) is 18.2. The maximum absolute atomic E-state index is 13.8. The van der Waals surface area contributed by atoms with Crippen molar-refractivity contribution in [3.8, 4) is 0 Å². The van der Waals surface area contributed by atoms with Crippen LogP contribution in [0.1, 0.15) is 87.4 Å². The summed E-state index contributed by atoms with van der Waals surface area (Å²) in [4.78, 5) is 63.7. The number of fused-ring (bicyclic) bond motifs is 7. The highest BCUT2D eigenvalue weighted by molar-refractivity contribution is 5.98. The minimum absolute atomic E-state index is 0.00276. The monoisotopic (exact) mass is 632 g/mol. The third kappa shape index (κ3) is 6.70. The summed E-state index contributed by atoms with van der Waals surface area (Å²) in [6, 6.07) is 8.97. The Hall–Kier alpha value is -2.98. The summed E-state index contributed by atoms with van der Waals surface area (Å²) >= 11 is 0. The van der Waals surface area contributed by atoms with Crippen LogP contribution in [0.3, 0.4) is 0 Å². The van der Waals surface area contributed by atoms with Gasteiger partial charge in [-0.25, -0.2) is 0 Å². The number of piperidine rings is 2. The van der Waals surface area contributed by atoms with Crippen LogP contribution in [0.15, 0.2) is 30.3 Å². The molecule has 8 rings (SSSR count). The smallest absolute Gasteiger partial charge is 0.254 e. The van der Waals surface area contributed by atoms with Crippen molar-refractivity contribution in [2.45, 2.75) is 107 Å². The van der Waals surface area contributed by atoms with Gasteiger partial charge >= 0.3 is 0 Å². The predicted molar refractivity (Wildman–Crippen MR) is 175 cm³/mol. The van der Waals surface area contributed by atoms with Gasteiger partial charge in [0.1, 0.15) is 6.04 Å². The lowest BCUT2D eigenvalue weighted by Gasteiger charge is -2.43. The first-order valence-corrected chi connectivity index (χ1v) is 18.2. The molecule has 1 saturated carbocycles. The van der Waals surface area contributed by atoms with Gasteiger partial charge in [-0.2, -0.15) is 0 Å². The van der Waals surface area contributed by atoms with Crippen molar-refractivity contribution in [1.82, 2.24) is 30.2 Å². The van der Waals surface area contributed by atoms with E-state index in [2.05, 4.69) is 25.3 Å². The van der Waals surface area contributed by atoms with Crippen LogP contribution >= 0.6 is 0 Å². The maximum atomic E-state index is 13.8. The first-order chi connectivity index (χ1) is 22.4. The highest BCUT2D eigenvalue weighted by atomic mass is 16.2. The molecular formula is C36H52N6O4. The van der Waals surface area contributed by atoms with Gasteiger partial charge < -0.3 is 25.3 Å². The molecule has 5 atom stereocenters. The standard InChI is InChI=1S/C36H52N6O4/c43-33-21-26-13-18-40(29-9-4-5-10-29)23-27(26)12-16-37-34(44)32-22-28(24-42(32)36(46)25-7-2-1-3-8-25)38-35(45)31-11-6-17-41(31)30-14-19-39(33)20-15-30/h1-3,7-8,26-32H,4-6,9-24H2,(H,37,44)(H,38,45)/t26-,27-,28-,31-,32-/m0/s1. The van der Waals surface area contributed by atoms with E-state index in [-0.39, 0.29) is 35.7 Å². The van der Waals surface area contributed by atoms with Gasteiger partial charge in [0, 0.05) is 62.8 Å². The highest BCUT2D eigenvalue weighted by Gasteiger charge is 2.44. The number of benzene rings is 1. The van der Waals surface area contributed by atoms with Crippen LogP contribution in [0.5, 0.6) is 0 Å². The Morgan fingerprint density at radius 3 is 2.28 bits per heavy atom. The zero-order chi connectivity index (χ0) is 31.6. The van der Waals surface area contributed by atoms with Crippen LogP contribution in [-0.2, 0) is 14.4 Å². The first kappa shape index (κ1) is 31.6. The van der Waals surface area contributed by atoms with E-state index < -0.39 is 6.04 Å². The fraction of sp³-hybridized carbons (Fsp3) is 0.722. The van der Waals surface area contributed by atoms with Gasteiger partial charge in [0.25, 0.3) is 5.91 Å². The summed E-state index contributed by atoms with van der Waals surface area (Å²) in [5.74, 6) is 0.615. The molecule has 0 unspecified atom stereocenters. The second-order valence-corrected chi connectivity index (χ2v) is 14.8. The van der Waals surface area contributed by atoms with Crippen molar-refractivity contribution in [3.05, 3.63) is 35.9 Å². The van der Waals surface area contributed by atoms with E-state index in [0.29, 0.717) is 55.4 Å². The fourth-order valence-corrected chi connectivity index (χ4v) is 9.57. The molecule has 4 bridgehead atoms. The van der Waals surface area contributed by atoms with E-state index in [1.54, 1.807) is 17.0 Å². The number of carbonyl (C=O) groups is 4. The molecule has 6 aliphatic heterocycles. The summed E-state index contributed by atoms with van der Waals surface area (Å²) in [6.07, 6.45) is 11.6. The SMILES string of the molecule is O=C1NCC[C@H]2CN(C3CCCC3)CC[C@H]2CC(=O)N2CCC(CC2)N2CCC[C@H]2C(=O)N[C@H]2C[C@@H]1N(C(=O)c1ccccc1)C2. The lowest BCUT2D eigenvalue weighted by atomic mass is 9.80. The van der Waals surface area contributed by atoms with Crippen LogP contribution in [0.25, 0.3) is 0 Å². The number of hydrogen-bond donors (Lipinski definition) is 2. The number of amides is 4. The van der Waals surface area contributed by atoms with E-state index >= 15 is 0 Å². The Kier molecular flexibility index (Phi) is 9.63. The van der Waals surface area contributed by atoms with E-state index in [0.717, 1.165) is 71.2 Å². The molecule has 0 spiro atoms. The number of carbonyl (C=O) groups excluding carboxylic acids is 4. The molecule has 7 fully saturated rings. The summed E-state index contributed by atoms with van der Waals surface area (Å²) in [6.45, 7) is 5.32. The Labute approximate surface area is 273 Å². The van der Waals surface area contributed by atoms with Gasteiger partial charge in [-0.05, 0) is 94.8 Å². The molecule has 1 aliphatic carbocycles. The number of hydrogen-bond acceptors (Lipinski definition) is 6. The van der Waals surface area contributed by atoms with Crippen molar-refractivity contribution in [2.75, 3.05) is 45.8 Å². The quantitative estimate of drug-likeness (QED) is 0.520. The lowest BCUT2D eigenvalue weighted by molar-refractivity contribution is -0.136. The molecule has 6 saturated heterocycles. The highest BCUT2D eigenvalue weighted by Crippen LogP contribution is 2.35.